The summed E-state index contributed by atoms with van der Waals surface area (Å²) in [6.45, 7) is 0. The molecule has 2 rings (SSSR count). The molecule has 3 N–H and O–H groups in total. The van der Waals surface area contributed by atoms with Crippen LogP contribution in [0.25, 0.3) is 0 Å². The number of methoxy groups -OCH3 is 3. The van der Waals surface area contributed by atoms with E-state index < -0.39 is 0 Å². The van der Waals surface area contributed by atoms with Crippen LogP contribution in [0.2, 0.25) is 0 Å². The van der Waals surface area contributed by atoms with E-state index in [1.165, 1.54) is 27.5 Å². The van der Waals surface area contributed by atoms with Crippen LogP contribution >= 0.6 is 0 Å². The number of nitrogens with zero attached hydrogens (tertiary/aromatic N) is 1. The van der Waals surface area contributed by atoms with Crippen molar-refractivity contribution in [2.45, 2.75) is 0 Å². The van der Waals surface area contributed by atoms with Gasteiger partial charge in [0.25, 0.3) is 5.91 Å². The first-order valence-corrected chi connectivity index (χ1v) is 7.08. The Balaban J connectivity index is 2.16. The summed E-state index contributed by atoms with van der Waals surface area (Å²) in [7, 11) is 4.61. The first-order chi connectivity index (χ1) is 11.6. The number of hydrazone groups is 1. The summed E-state index contributed by atoms with van der Waals surface area (Å²) in [5, 5.41) is 3.95. The maximum atomic E-state index is 12.0. The van der Waals surface area contributed by atoms with Crippen molar-refractivity contribution in [3.05, 3.63) is 47.5 Å². The number of anilines is 1. The molecule has 0 bridgehead atoms. The van der Waals surface area contributed by atoms with Gasteiger partial charge in [-0.25, -0.2) is 5.43 Å². The highest BCUT2D eigenvalue weighted by atomic mass is 16.5. The second kappa shape index (κ2) is 7.87. The lowest BCUT2D eigenvalue weighted by Gasteiger charge is -2.11. The minimum Gasteiger partial charge on any atom is -0.496 e. The number of amides is 1. The highest BCUT2D eigenvalue weighted by molar-refractivity contribution is 5.95. The lowest BCUT2D eigenvalue weighted by molar-refractivity contribution is 0.0955. The molecule has 0 saturated heterocycles. The number of carbonyl (C=O) groups is 1. The topological polar surface area (TPSA) is 95.2 Å². The van der Waals surface area contributed by atoms with Crippen molar-refractivity contribution in [2.24, 2.45) is 5.10 Å². The molecule has 0 spiro atoms. The second-order valence-corrected chi connectivity index (χ2v) is 4.77. The van der Waals surface area contributed by atoms with E-state index in [0.29, 0.717) is 34.1 Å². The standard InChI is InChI=1S/C17H19N3O4/c1-22-14-9-16(24-3)15(23-2)8-12(14)10-19-20-17(21)11-4-6-13(18)7-5-11/h4-10H,18H2,1-3H3,(H,20,21). The van der Waals surface area contributed by atoms with Crippen molar-refractivity contribution in [2.75, 3.05) is 27.1 Å². The van der Waals surface area contributed by atoms with Crippen LogP contribution in [0.1, 0.15) is 15.9 Å². The maximum absolute atomic E-state index is 12.0. The number of carbonyl (C=O) groups excluding carboxylic acids is 1. The van der Waals surface area contributed by atoms with Crippen molar-refractivity contribution in [3.8, 4) is 17.2 Å². The number of hydrogen-bond donors (Lipinski definition) is 2. The Kier molecular flexibility index (Phi) is 5.62. The molecular weight excluding hydrogens is 310 g/mol. The monoisotopic (exact) mass is 329 g/mol. The van der Waals surface area contributed by atoms with Gasteiger partial charge in [-0.2, -0.15) is 5.10 Å². The van der Waals surface area contributed by atoms with Gasteiger partial charge >= 0.3 is 0 Å². The van der Waals surface area contributed by atoms with Gasteiger partial charge in [0.05, 0.1) is 27.5 Å². The molecule has 2 aromatic carbocycles. The van der Waals surface area contributed by atoms with Gasteiger partial charge in [0, 0.05) is 22.9 Å². The quantitative estimate of drug-likeness (QED) is 0.480. The van der Waals surface area contributed by atoms with Crippen LogP contribution < -0.4 is 25.4 Å². The Bertz CT molecular complexity index is 742. The number of nitrogens with two attached hydrogens (primary N) is 1. The number of benzene rings is 2. The van der Waals surface area contributed by atoms with Crippen LogP contribution in [0.3, 0.4) is 0 Å². The molecule has 0 aromatic heterocycles. The van der Waals surface area contributed by atoms with Gasteiger partial charge < -0.3 is 19.9 Å². The van der Waals surface area contributed by atoms with Crippen molar-refractivity contribution < 1.29 is 19.0 Å². The molecule has 24 heavy (non-hydrogen) atoms. The summed E-state index contributed by atoms with van der Waals surface area (Å²) >= 11 is 0. The van der Waals surface area contributed by atoms with Crippen molar-refractivity contribution in [3.63, 3.8) is 0 Å². The molecule has 0 aliphatic carbocycles. The fraction of sp³-hybridized carbons (Fsp3) is 0.176. The van der Waals surface area contributed by atoms with Crippen molar-refractivity contribution in [1.29, 1.82) is 0 Å². The van der Waals surface area contributed by atoms with E-state index in [4.69, 9.17) is 19.9 Å². The largest absolute Gasteiger partial charge is 0.496 e. The molecule has 0 unspecified atom stereocenters. The van der Waals surface area contributed by atoms with Crippen LogP contribution in [-0.2, 0) is 0 Å². The third-order valence-electron chi connectivity index (χ3n) is 3.28. The summed E-state index contributed by atoms with van der Waals surface area (Å²) in [6.07, 6.45) is 1.47. The van der Waals surface area contributed by atoms with Gasteiger partial charge in [0.15, 0.2) is 11.5 Å². The molecule has 0 heterocycles. The van der Waals surface area contributed by atoms with E-state index in [0.717, 1.165) is 0 Å². The Hall–Kier alpha value is -3.22. The van der Waals surface area contributed by atoms with E-state index in [9.17, 15) is 4.79 Å². The third-order valence-corrected chi connectivity index (χ3v) is 3.28. The highest BCUT2D eigenvalue weighted by Gasteiger charge is 2.10. The summed E-state index contributed by atoms with van der Waals surface area (Å²) in [5.41, 5.74) is 9.71. The molecule has 0 atom stereocenters. The molecule has 7 heteroatoms. The summed E-state index contributed by atoms with van der Waals surface area (Å²) in [5.74, 6) is 1.27. The zero-order valence-corrected chi connectivity index (χ0v) is 13.7. The van der Waals surface area contributed by atoms with Crippen LogP contribution in [0.15, 0.2) is 41.5 Å². The first-order valence-electron chi connectivity index (χ1n) is 7.08. The number of nitrogen functional groups attached to an aromatic ring is 1. The first kappa shape index (κ1) is 17.1. The Labute approximate surface area is 140 Å². The third kappa shape index (κ3) is 3.95. The predicted molar refractivity (Wildman–Crippen MR) is 92.0 cm³/mol. The molecule has 0 radical (unpaired) electrons. The number of hydrogen-bond acceptors (Lipinski definition) is 6. The highest BCUT2D eigenvalue weighted by Crippen LogP contribution is 2.33. The zero-order chi connectivity index (χ0) is 17.5. The fourth-order valence-electron chi connectivity index (χ4n) is 2.01. The number of rotatable bonds is 6. The van der Waals surface area contributed by atoms with Gasteiger partial charge in [-0.15, -0.1) is 0 Å². The average Bonchev–Trinajstić information content (AvgIpc) is 2.61. The van der Waals surface area contributed by atoms with Crippen LogP contribution in [0.4, 0.5) is 5.69 Å². The molecule has 1 amide bonds. The number of nitrogens with one attached hydrogen (secondary N) is 1. The van der Waals surface area contributed by atoms with Crippen LogP contribution in [0, 0.1) is 0 Å². The average molecular weight is 329 g/mol. The summed E-state index contributed by atoms with van der Waals surface area (Å²) < 4.78 is 15.7. The maximum Gasteiger partial charge on any atom is 0.271 e. The van der Waals surface area contributed by atoms with Crippen molar-refractivity contribution in [1.82, 2.24) is 5.43 Å². The van der Waals surface area contributed by atoms with E-state index in [1.807, 2.05) is 0 Å². The molecule has 0 aliphatic heterocycles. The molecule has 7 nitrogen and oxygen atoms in total. The van der Waals surface area contributed by atoms with Gasteiger partial charge in [0.2, 0.25) is 0 Å². The van der Waals surface area contributed by atoms with E-state index in [1.54, 1.807) is 36.4 Å². The predicted octanol–water partition coefficient (Wildman–Crippen LogP) is 2.06. The van der Waals surface area contributed by atoms with Gasteiger partial charge in [-0.1, -0.05) is 0 Å². The normalized spacial score (nSPS) is 10.5. The minimum atomic E-state index is -0.342. The second-order valence-electron chi connectivity index (χ2n) is 4.77. The van der Waals surface area contributed by atoms with E-state index in [-0.39, 0.29) is 5.91 Å². The van der Waals surface area contributed by atoms with Gasteiger partial charge in [0.1, 0.15) is 5.75 Å². The molecule has 2 aromatic rings. The lowest BCUT2D eigenvalue weighted by atomic mass is 10.2. The zero-order valence-electron chi connectivity index (χ0n) is 13.7. The fourth-order valence-corrected chi connectivity index (χ4v) is 2.01. The Morgan fingerprint density at radius 3 is 2.17 bits per heavy atom. The molecular formula is C17H19N3O4. The Morgan fingerprint density at radius 2 is 1.58 bits per heavy atom. The number of ether oxygens (including phenoxy) is 3. The molecule has 0 saturated carbocycles. The summed E-state index contributed by atoms with van der Waals surface area (Å²) in [6, 6.07) is 9.93. The van der Waals surface area contributed by atoms with E-state index in [2.05, 4.69) is 10.5 Å². The van der Waals surface area contributed by atoms with Crippen LogP contribution in [-0.4, -0.2) is 33.5 Å². The lowest BCUT2D eigenvalue weighted by Crippen LogP contribution is -2.17. The minimum absolute atomic E-state index is 0.342. The Morgan fingerprint density at radius 1 is 1.00 bits per heavy atom. The van der Waals surface area contributed by atoms with Gasteiger partial charge in [-0.3, -0.25) is 4.79 Å². The summed E-state index contributed by atoms with van der Waals surface area (Å²) in [4.78, 5) is 12.0. The SMILES string of the molecule is COc1cc(OC)c(OC)cc1C=NNC(=O)c1ccc(N)cc1. The van der Waals surface area contributed by atoms with E-state index >= 15 is 0 Å². The molecule has 0 aliphatic rings. The smallest absolute Gasteiger partial charge is 0.271 e. The van der Waals surface area contributed by atoms with Crippen LogP contribution in [0.5, 0.6) is 17.2 Å². The molecule has 126 valence electrons. The van der Waals surface area contributed by atoms with Gasteiger partial charge in [-0.05, 0) is 30.3 Å². The molecule has 0 fully saturated rings. The van der Waals surface area contributed by atoms with Crippen molar-refractivity contribution >= 4 is 17.8 Å².